The molecule has 16 heavy (non-hydrogen) atoms. The zero-order chi connectivity index (χ0) is 11.4. The Morgan fingerprint density at radius 3 is 2.81 bits per heavy atom. The van der Waals surface area contributed by atoms with Crippen molar-refractivity contribution in [1.82, 2.24) is 5.32 Å². The molecule has 0 spiro atoms. The van der Waals surface area contributed by atoms with E-state index in [9.17, 15) is 5.11 Å². The predicted molar refractivity (Wildman–Crippen MR) is 64.4 cm³/mol. The van der Waals surface area contributed by atoms with Crippen molar-refractivity contribution in [1.29, 1.82) is 0 Å². The van der Waals surface area contributed by atoms with E-state index >= 15 is 0 Å². The van der Waals surface area contributed by atoms with Crippen molar-refractivity contribution in [3.05, 3.63) is 0 Å². The van der Waals surface area contributed by atoms with E-state index in [1.54, 1.807) is 0 Å². The summed E-state index contributed by atoms with van der Waals surface area (Å²) < 4.78 is 5.56. The van der Waals surface area contributed by atoms with Crippen LogP contribution in [0.15, 0.2) is 0 Å². The molecule has 1 aliphatic carbocycles. The first-order valence-electron chi connectivity index (χ1n) is 6.78. The summed E-state index contributed by atoms with van der Waals surface area (Å²) in [6, 6.07) is 1.13. The van der Waals surface area contributed by atoms with Gasteiger partial charge in [-0.1, -0.05) is 12.8 Å². The summed E-state index contributed by atoms with van der Waals surface area (Å²) in [5, 5.41) is 13.1. The summed E-state index contributed by atoms with van der Waals surface area (Å²) in [5.41, 5.74) is 0. The van der Waals surface area contributed by atoms with E-state index in [0.29, 0.717) is 30.7 Å². The van der Waals surface area contributed by atoms with Gasteiger partial charge in [-0.3, -0.25) is 0 Å². The fourth-order valence-corrected chi connectivity index (χ4v) is 3.10. The first kappa shape index (κ1) is 12.3. The molecule has 2 N–H and O–H groups in total. The lowest BCUT2D eigenvalue weighted by Gasteiger charge is -2.37. The first-order valence-corrected chi connectivity index (χ1v) is 6.78. The van der Waals surface area contributed by atoms with Crippen molar-refractivity contribution in [3.63, 3.8) is 0 Å². The Morgan fingerprint density at radius 2 is 2.06 bits per heavy atom. The van der Waals surface area contributed by atoms with Gasteiger partial charge in [-0.2, -0.15) is 0 Å². The molecule has 4 unspecified atom stereocenters. The maximum absolute atomic E-state index is 9.38. The molecule has 94 valence electrons. The minimum absolute atomic E-state index is 0.344. The van der Waals surface area contributed by atoms with E-state index in [0.717, 1.165) is 19.4 Å². The molecule has 2 rings (SSSR count). The summed E-state index contributed by atoms with van der Waals surface area (Å²) in [5.74, 6) is 0.479. The van der Waals surface area contributed by atoms with Crippen molar-refractivity contribution in [2.45, 2.75) is 63.6 Å². The fourth-order valence-electron chi connectivity index (χ4n) is 3.10. The molecule has 2 fully saturated rings. The second kappa shape index (κ2) is 5.99. The highest BCUT2D eigenvalue weighted by Gasteiger charge is 2.28. The topological polar surface area (TPSA) is 41.5 Å². The average Bonchev–Trinajstić information content (AvgIpc) is 2.30. The molecule has 1 heterocycles. The maximum Gasteiger partial charge on any atom is 0.0561 e. The molecule has 0 bridgehead atoms. The molecule has 1 aliphatic heterocycles. The normalized spacial score (nSPS) is 40.9. The summed E-state index contributed by atoms with van der Waals surface area (Å²) in [6.07, 6.45) is 7.65. The number of hydrogen-bond donors (Lipinski definition) is 2. The Balaban J connectivity index is 1.82. The van der Waals surface area contributed by atoms with Gasteiger partial charge in [0.25, 0.3) is 0 Å². The van der Waals surface area contributed by atoms with Crippen LogP contribution in [0.1, 0.15) is 45.4 Å². The van der Waals surface area contributed by atoms with E-state index in [-0.39, 0.29) is 0 Å². The van der Waals surface area contributed by atoms with Gasteiger partial charge in [0.15, 0.2) is 0 Å². The largest absolute Gasteiger partial charge is 0.396 e. The molecular formula is C13H25NO2. The molecule has 2 aliphatic rings. The lowest BCUT2D eigenvalue weighted by atomic mass is 9.84. The quantitative estimate of drug-likeness (QED) is 0.771. The van der Waals surface area contributed by atoms with E-state index in [2.05, 4.69) is 12.2 Å². The first-order chi connectivity index (χ1) is 7.79. The molecule has 4 atom stereocenters. The Kier molecular flexibility index (Phi) is 4.62. The summed E-state index contributed by atoms with van der Waals surface area (Å²) in [7, 11) is 0. The highest BCUT2D eigenvalue weighted by molar-refractivity contribution is 4.85. The van der Waals surface area contributed by atoms with E-state index in [1.807, 2.05) is 0 Å². The molecule has 3 nitrogen and oxygen atoms in total. The van der Waals surface area contributed by atoms with E-state index in [1.165, 1.54) is 25.7 Å². The molecule has 0 amide bonds. The standard InChI is InChI=1S/C13H25NO2/c1-10-8-12(6-7-16-10)14-13-5-3-2-4-11(13)9-15/h10-15H,2-9H2,1H3. The number of aliphatic hydroxyl groups is 1. The predicted octanol–water partition coefficient (Wildman–Crippen LogP) is 1.69. The molecule has 0 aromatic heterocycles. The van der Waals surface area contributed by atoms with Gasteiger partial charge in [-0.25, -0.2) is 0 Å². The monoisotopic (exact) mass is 227 g/mol. The highest BCUT2D eigenvalue weighted by Crippen LogP contribution is 2.25. The Labute approximate surface area is 98.6 Å². The number of rotatable bonds is 3. The van der Waals surface area contributed by atoms with Gasteiger partial charge in [-0.05, 0) is 38.5 Å². The van der Waals surface area contributed by atoms with Crippen LogP contribution in [0.3, 0.4) is 0 Å². The van der Waals surface area contributed by atoms with Gasteiger partial charge in [0, 0.05) is 25.3 Å². The highest BCUT2D eigenvalue weighted by atomic mass is 16.5. The molecule has 1 saturated carbocycles. The Bertz CT molecular complexity index is 210. The van der Waals surface area contributed by atoms with Crippen LogP contribution in [-0.4, -0.2) is 36.5 Å². The minimum Gasteiger partial charge on any atom is -0.396 e. The van der Waals surface area contributed by atoms with Gasteiger partial charge in [0.05, 0.1) is 6.10 Å². The number of nitrogens with one attached hydrogen (secondary N) is 1. The van der Waals surface area contributed by atoms with Crippen molar-refractivity contribution in [3.8, 4) is 0 Å². The van der Waals surface area contributed by atoms with Crippen LogP contribution in [0.2, 0.25) is 0 Å². The summed E-state index contributed by atoms with van der Waals surface area (Å²) in [4.78, 5) is 0. The third-order valence-electron chi connectivity index (χ3n) is 4.08. The SMILES string of the molecule is CC1CC(NC2CCCCC2CO)CCO1. The van der Waals surface area contributed by atoms with E-state index < -0.39 is 0 Å². The Hall–Kier alpha value is -0.120. The van der Waals surface area contributed by atoms with Gasteiger partial charge in [-0.15, -0.1) is 0 Å². The summed E-state index contributed by atoms with van der Waals surface area (Å²) in [6.45, 7) is 3.38. The van der Waals surface area contributed by atoms with Crippen LogP contribution < -0.4 is 5.32 Å². The van der Waals surface area contributed by atoms with Crippen LogP contribution in [0.5, 0.6) is 0 Å². The molecule has 3 heteroatoms. The van der Waals surface area contributed by atoms with Crippen LogP contribution in [0, 0.1) is 5.92 Å². The van der Waals surface area contributed by atoms with Crippen LogP contribution >= 0.6 is 0 Å². The maximum atomic E-state index is 9.38. The summed E-state index contributed by atoms with van der Waals surface area (Å²) >= 11 is 0. The van der Waals surface area contributed by atoms with Crippen molar-refractivity contribution in [2.24, 2.45) is 5.92 Å². The molecule has 0 radical (unpaired) electrons. The Morgan fingerprint density at radius 1 is 1.25 bits per heavy atom. The molecule has 1 saturated heterocycles. The fraction of sp³-hybridized carbons (Fsp3) is 1.00. The second-order valence-corrected chi connectivity index (χ2v) is 5.40. The van der Waals surface area contributed by atoms with Gasteiger partial charge >= 0.3 is 0 Å². The molecule has 0 aromatic rings. The van der Waals surface area contributed by atoms with Crippen molar-refractivity contribution >= 4 is 0 Å². The van der Waals surface area contributed by atoms with Gasteiger partial charge in [0.2, 0.25) is 0 Å². The smallest absolute Gasteiger partial charge is 0.0561 e. The van der Waals surface area contributed by atoms with Gasteiger partial charge < -0.3 is 15.2 Å². The second-order valence-electron chi connectivity index (χ2n) is 5.40. The lowest BCUT2D eigenvalue weighted by Crippen LogP contribution is -2.48. The van der Waals surface area contributed by atoms with Crippen LogP contribution in [-0.2, 0) is 4.74 Å². The zero-order valence-electron chi connectivity index (χ0n) is 10.3. The molecular weight excluding hydrogens is 202 g/mol. The van der Waals surface area contributed by atoms with Gasteiger partial charge in [0.1, 0.15) is 0 Å². The van der Waals surface area contributed by atoms with Crippen LogP contribution in [0.25, 0.3) is 0 Å². The number of hydrogen-bond acceptors (Lipinski definition) is 3. The molecule has 0 aromatic carbocycles. The van der Waals surface area contributed by atoms with Crippen molar-refractivity contribution in [2.75, 3.05) is 13.2 Å². The zero-order valence-corrected chi connectivity index (χ0v) is 10.3. The third-order valence-corrected chi connectivity index (χ3v) is 4.08. The van der Waals surface area contributed by atoms with E-state index in [4.69, 9.17) is 4.74 Å². The lowest BCUT2D eigenvalue weighted by molar-refractivity contribution is 0.00698. The third kappa shape index (κ3) is 3.19. The minimum atomic E-state index is 0.344. The average molecular weight is 227 g/mol. The van der Waals surface area contributed by atoms with Crippen molar-refractivity contribution < 1.29 is 9.84 Å². The number of ether oxygens (including phenoxy) is 1. The number of aliphatic hydroxyl groups excluding tert-OH is 1. The van der Waals surface area contributed by atoms with Crippen LogP contribution in [0.4, 0.5) is 0 Å².